The number of hydrogen-bond acceptors (Lipinski definition) is 4. The van der Waals surface area contributed by atoms with Crippen molar-refractivity contribution >= 4 is 40.0 Å². The number of aromatic nitrogens is 1. The van der Waals surface area contributed by atoms with Gasteiger partial charge in [0.25, 0.3) is 5.91 Å². The Kier molecular flexibility index (Phi) is 5.10. The van der Waals surface area contributed by atoms with E-state index in [1.165, 1.54) is 12.1 Å². The highest BCUT2D eigenvalue weighted by atomic mass is 35.5. The molecule has 144 valence electrons. The lowest BCUT2D eigenvalue weighted by Crippen LogP contribution is -2.22. The SMILES string of the molecule is Cc1ccc(NC(=O)c2cc3ccccc3oc2=Nc2ccc(Cl)cc2F)nc1. The van der Waals surface area contributed by atoms with Crippen LogP contribution >= 0.6 is 11.6 Å². The average Bonchev–Trinajstić information content (AvgIpc) is 2.71. The number of amides is 1. The van der Waals surface area contributed by atoms with E-state index in [0.29, 0.717) is 16.8 Å². The van der Waals surface area contributed by atoms with Gasteiger partial charge in [0.2, 0.25) is 5.55 Å². The van der Waals surface area contributed by atoms with E-state index in [4.69, 9.17) is 16.0 Å². The molecule has 0 aliphatic carbocycles. The summed E-state index contributed by atoms with van der Waals surface area (Å²) in [6, 6.07) is 16.5. The summed E-state index contributed by atoms with van der Waals surface area (Å²) in [4.78, 5) is 21.3. The first kappa shape index (κ1) is 18.8. The molecule has 2 aromatic heterocycles. The molecule has 1 N–H and O–H groups in total. The Balaban J connectivity index is 1.84. The Morgan fingerprint density at radius 3 is 2.72 bits per heavy atom. The first-order chi connectivity index (χ1) is 14.0. The summed E-state index contributed by atoms with van der Waals surface area (Å²) < 4.78 is 20.0. The van der Waals surface area contributed by atoms with Crippen LogP contribution in [0.5, 0.6) is 0 Å². The molecular formula is C22H15ClFN3O2. The zero-order valence-corrected chi connectivity index (χ0v) is 16.1. The summed E-state index contributed by atoms with van der Waals surface area (Å²) in [7, 11) is 0. The smallest absolute Gasteiger partial charge is 0.262 e. The molecule has 0 unspecified atom stereocenters. The fourth-order valence-corrected chi connectivity index (χ4v) is 2.88. The number of rotatable bonds is 3. The van der Waals surface area contributed by atoms with Gasteiger partial charge >= 0.3 is 0 Å². The fourth-order valence-electron chi connectivity index (χ4n) is 2.72. The Morgan fingerprint density at radius 2 is 1.97 bits per heavy atom. The average molecular weight is 408 g/mol. The predicted octanol–water partition coefficient (Wildman–Crippen LogP) is 5.41. The summed E-state index contributed by atoms with van der Waals surface area (Å²) in [6.45, 7) is 1.90. The van der Waals surface area contributed by atoms with Crippen molar-refractivity contribution in [3.8, 4) is 0 Å². The van der Waals surface area contributed by atoms with Gasteiger partial charge in [-0.1, -0.05) is 35.9 Å². The highest BCUT2D eigenvalue weighted by molar-refractivity contribution is 6.30. The number of nitrogens with one attached hydrogen (secondary N) is 1. The lowest BCUT2D eigenvalue weighted by Gasteiger charge is -2.07. The minimum Gasteiger partial charge on any atom is -0.438 e. The molecule has 4 aromatic rings. The van der Waals surface area contributed by atoms with Gasteiger partial charge in [0.05, 0.1) is 0 Å². The van der Waals surface area contributed by atoms with E-state index >= 15 is 0 Å². The van der Waals surface area contributed by atoms with E-state index in [9.17, 15) is 9.18 Å². The van der Waals surface area contributed by atoms with E-state index < -0.39 is 11.7 Å². The van der Waals surface area contributed by atoms with Crippen molar-refractivity contribution in [3.05, 3.63) is 94.4 Å². The van der Waals surface area contributed by atoms with E-state index in [2.05, 4.69) is 15.3 Å². The lowest BCUT2D eigenvalue weighted by atomic mass is 10.1. The molecule has 1 amide bonds. The summed E-state index contributed by atoms with van der Waals surface area (Å²) in [5.74, 6) is -0.700. The molecule has 29 heavy (non-hydrogen) atoms. The van der Waals surface area contributed by atoms with Crippen LogP contribution in [0.15, 0.2) is 76.3 Å². The molecular weight excluding hydrogens is 393 g/mol. The second-order valence-electron chi connectivity index (χ2n) is 6.39. The molecule has 0 atom stereocenters. The van der Waals surface area contributed by atoms with Crippen molar-refractivity contribution in [1.29, 1.82) is 0 Å². The Labute approximate surface area is 170 Å². The van der Waals surface area contributed by atoms with Gasteiger partial charge in [-0.3, -0.25) is 4.79 Å². The standard InChI is InChI=1S/C22H15ClFN3O2/c1-13-6-9-20(25-12-13)27-21(28)16-10-14-4-2-3-5-19(14)29-22(16)26-18-8-7-15(23)11-17(18)24/h2-12H,1H3,(H,25,27,28). The number of halogens is 2. The number of anilines is 1. The molecule has 0 bridgehead atoms. The van der Waals surface area contributed by atoms with Crippen LogP contribution in [0.25, 0.3) is 11.0 Å². The Hall–Kier alpha value is -3.51. The lowest BCUT2D eigenvalue weighted by molar-refractivity contribution is 0.102. The molecule has 5 nitrogen and oxygen atoms in total. The number of pyridine rings is 1. The van der Waals surface area contributed by atoms with Crippen LogP contribution in [-0.4, -0.2) is 10.9 Å². The maximum absolute atomic E-state index is 14.2. The number of carbonyl (C=O) groups excluding carboxylic acids is 1. The number of hydrogen-bond donors (Lipinski definition) is 1. The van der Waals surface area contributed by atoms with Crippen LogP contribution in [0.2, 0.25) is 5.02 Å². The van der Waals surface area contributed by atoms with Crippen molar-refractivity contribution in [2.75, 3.05) is 5.32 Å². The minimum atomic E-state index is -0.618. The van der Waals surface area contributed by atoms with Crippen LogP contribution in [0.4, 0.5) is 15.9 Å². The van der Waals surface area contributed by atoms with E-state index in [1.807, 2.05) is 25.1 Å². The summed E-state index contributed by atoms with van der Waals surface area (Å²) in [5, 5.41) is 3.68. The molecule has 0 aliphatic rings. The summed E-state index contributed by atoms with van der Waals surface area (Å²) in [6.07, 6.45) is 1.65. The number of carbonyl (C=O) groups is 1. The molecule has 0 saturated heterocycles. The number of nitrogens with zero attached hydrogens (tertiary/aromatic N) is 2. The molecule has 7 heteroatoms. The molecule has 0 radical (unpaired) electrons. The van der Waals surface area contributed by atoms with Gasteiger partial charge in [-0.2, -0.15) is 0 Å². The Morgan fingerprint density at radius 1 is 1.14 bits per heavy atom. The van der Waals surface area contributed by atoms with Crippen LogP contribution < -0.4 is 10.9 Å². The molecule has 2 heterocycles. The number of benzene rings is 2. The van der Waals surface area contributed by atoms with E-state index in [-0.39, 0.29) is 21.8 Å². The summed E-state index contributed by atoms with van der Waals surface area (Å²) in [5.41, 5.74) is 1.63. The minimum absolute atomic E-state index is 0.0101. The molecule has 4 rings (SSSR count). The van der Waals surface area contributed by atoms with Gasteiger partial charge in [0.15, 0.2) is 0 Å². The number of para-hydroxylation sites is 1. The number of fused-ring (bicyclic) bond motifs is 1. The van der Waals surface area contributed by atoms with Gasteiger partial charge in [-0.25, -0.2) is 14.4 Å². The van der Waals surface area contributed by atoms with Gasteiger partial charge in [0, 0.05) is 16.6 Å². The van der Waals surface area contributed by atoms with Crippen LogP contribution in [0.1, 0.15) is 15.9 Å². The zero-order chi connectivity index (χ0) is 20.4. The first-order valence-corrected chi connectivity index (χ1v) is 9.14. The van der Waals surface area contributed by atoms with Gasteiger partial charge in [-0.05, 0) is 48.9 Å². The van der Waals surface area contributed by atoms with Crippen LogP contribution in [0, 0.1) is 12.7 Å². The van der Waals surface area contributed by atoms with Crippen LogP contribution in [0.3, 0.4) is 0 Å². The second kappa shape index (κ2) is 7.85. The normalized spacial score (nSPS) is 11.6. The predicted molar refractivity (Wildman–Crippen MR) is 110 cm³/mol. The molecule has 2 aromatic carbocycles. The zero-order valence-electron chi connectivity index (χ0n) is 15.3. The monoisotopic (exact) mass is 407 g/mol. The third-order valence-electron chi connectivity index (χ3n) is 4.19. The second-order valence-corrected chi connectivity index (χ2v) is 6.82. The molecule has 0 spiro atoms. The molecule has 0 aliphatic heterocycles. The topological polar surface area (TPSA) is 67.5 Å². The maximum atomic E-state index is 14.2. The van der Waals surface area contributed by atoms with Crippen LogP contribution in [-0.2, 0) is 0 Å². The fraction of sp³-hybridized carbons (Fsp3) is 0.0455. The van der Waals surface area contributed by atoms with Crippen molar-refractivity contribution in [2.45, 2.75) is 6.92 Å². The van der Waals surface area contributed by atoms with E-state index in [1.54, 1.807) is 30.5 Å². The van der Waals surface area contributed by atoms with E-state index in [0.717, 1.165) is 11.6 Å². The van der Waals surface area contributed by atoms with Crippen molar-refractivity contribution in [1.82, 2.24) is 4.98 Å². The van der Waals surface area contributed by atoms with Gasteiger partial charge in [0.1, 0.15) is 28.5 Å². The van der Waals surface area contributed by atoms with Gasteiger partial charge in [-0.15, -0.1) is 0 Å². The van der Waals surface area contributed by atoms with Crippen molar-refractivity contribution < 1.29 is 13.6 Å². The van der Waals surface area contributed by atoms with Crippen molar-refractivity contribution in [2.24, 2.45) is 4.99 Å². The summed E-state index contributed by atoms with van der Waals surface area (Å²) >= 11 is 5.80. The number of aryl methyl sites for hydroxylation is 1. The van der Waals surface area contributed by atoms with Gasteiger partial charge < -0.3 is 9.73 Å². The molecule has 0 saturated carbocycles. The third kappa shape index (κ3) is 4.17. The molecule has 0 fully saturated rings. The highest BCUT2D eigenvalue weighted by Gasteiger charge is 2.14. The third-order valence-corrected chi connectivity index (χ3v) is 4.42. The maximum Gasteiger partial charge on any atom is 0.262 e. The van der Waals surface area contributed by atoms with Crippen molar-refractivity contribution in [3.63, 3.8) is 0 Å². The quantitative estimate of drug-likeness (QED) is 0.493. The largest absolute Gasteiger partial charge is 0.438 e. The highest BCUT2D eigenvalue weighted by Crippen LogP contribution is 2.22. The Bertz CT molecular complexity index is 1280. The first-order valence-electron chi connectivity index (χ1n) is 8.76.